The Morgan fingerprint density at radius 2 is 2.25 bits per heavy atom. The maximum Gasteiger partial charge on any atom is 0.315 e. The average molecular weight is 336 g/mol. The molecule has 0 bridgehead atoms. The fraction of sp³-hybridized carbons (Fsp3) is 0.400. The number of benzene rings is 1. The number of amides is 2. The van der Waals surface area contributed by atoms with Crippen LogP contribution in [0.5, 0.6) is 0 Å². The maximum absolute atomic E-state index is 13.8. The molecule has 3 rings (SSSR count). The van der Waals surface area contributed by atoms with Gasteiger partial charge < -0.3 is 15.5 Å². The van der Waals surface area contributed by atoms with E-state index in [1.54, 1.807) is 16.6 Å². The first-order valence-electron chi connectivity index (χ1n) is 7.60. The molecule has 2 heterocycles. The molecule has 1 atom stereocenters. The number of nitrogens with one attached hydrogen (secondary N) is 2. The van der Waals surface area contributed by atoms with Gasteiger partial charge in [-0.3, -0.25) is 4.68 Å². The van der Waals surface area contributed by atoms with Crippen molar-refractivity contribution in [2.45, 2.75) is 19.0 Å². The van der Waals surface area contributed by atoms with Gasteiger partial charge in [0.2, 0.25) is 0 Å². The molecule has 0 aliphatic carbocycles. The van der Waals surface area contributed by atoms with Gasteiger partial charge in [0.05, 0.1) is 12.2 Å². The quantitative estimate of drug-likeness (QED) is 0.879. The van der Waals surface area contributed by atoms with Crippen molar-refractivity contribution in [3.05, 3.63) is 42.0 Å². The molecular weight excluding hydrogens is 318 g/mol. The monoisotopic (exact) mass is 336 g/mol. The summed E-state index contributed by atoms with van der Waals surface area (Å²) in [5, 5.41) is 9.48. The van der Waals surface area contributed by atoms with Crippen LogP contribution in [-0.2, 0) is 13.6 Å². The number of nitrogens with zero attached hydrogens (tertiary/aromatic N) is 4. The second-order valence-electron chi connectivity index (χ2n) is 5.65. The number of aryl methyl sites for hydroxylation is 1. The second-order valence-corrected chi connectivity index (χ2v) is 5.65. The van der Waals surface area contributed by atoms with Crippen LogP contribution >= 0.6 is 0 Å². The van der Waals surface area contributed by atoms with Gasteiger partial charge in [-0.05, 0) is 18.6 Å². The molecule has 1 aromatic heterocycles. The second kappa shape index (κ2) is 6.81. The van der Waals surface area contributed by atoms with E-state index in [-0.39, 0.29) is 18.6 Å². The maximum atomic E-state index is 13.8. The number of aromatic nitrogens is 3. The standard InChI is InChI=1S/C15H18F2N6O/c1-22-14(19-9-20-22)7-18-15(24)21-11-4-5-23(8-11)13-3-2-10(16)6-12(13)17/h2-3,6,9,11H,4-5,7-8H2,1H3,(H2,18,21,24)/t11-/m1/s1. The topological polar surface area (TPSA) is 75.1 Å². The van der Waals surface area contributed by atoms with E-state index >= 15 is 0 Å². The number of hydrogen-bond donors (Lipinski definition) is 2. The predicted molar refractivity (Wildman–Crippen MR) is 83.4 cm³/mol. The summed E-state index contributed by atoms with van der Waals surface area (Å²) >= 11 is 0. The first-order chi connectivity index (χ1) is 11.5. The van der Waals surface area contributed by atoms with Gasteiger partial charge in [-0.2, -0.15) is 5.10 Å². The Labute approximate surface area is 137 Å². The minimum Gasteiger partial charge on any atom is -0.367 e. The van der Waals surface area contributed by atoms with Crippen LogP contribution in [0.15, 0.2) is 24.5 Å². The summed E-state index contributed by atoms with van der Waals surface area (Å²) in [6.07, 6.45) is 2.11. The average Bonchev–Trinajstić information content (AvgIpc) is 3.14. The molecule has 0 unspecified atom stereocenters. The molecule has 1 aliphatic rings. The van der Waals surface area contributed by atoms with Crippen LogP contribution in [0.25, 0.3) is 0 Å². The molecule has 7 nitrogen and oxygen atoms in total. The smallest absolute Gasteiger partial charge is 0.315 e. The lowest BCUT2D eigenvalue weighted by Gasteiger charge is -2.19. The molecule has 1 aromatic carbocycles. The van der Waals surface area contributed by atoms with Crippen molar-refractivity contribution in [3.63, 3.8) is 0 Å². The highest BCUT2D eigenvalue weighted by atomic mass is 19.1. The first-order valence-corrected chi connectivity index (χ1v) is 7.60. The lowest BCUT2D eigenvalue weighted by molar-refractivity contribution is 0.237. The minimum absolute atomic E-state index is 0.103. The lowest BCUT2D eigenvalue weighted by Crippen LogP contribution is -2.43. The molecule has 2 N–H and O–H groups in total. The Morgan fingerprint density at radius 3 is 2.96 bits per heavy atom. The van der Waals surface area contributed by atoms with Gasteiger partial charge in [0.25, 0.3) is 0 Å². The zero-order valence-corrected chi connectivity index (χ0v) is 13.2. The Kier molecular flexibility index (Phi) is 4.59. The van der Waals surface area contributed by atoms with Crippen molar-refractivity contribution >= 4 is 11.7 Å². The van der Waals surface area contributed by atoms with Crippen LogP contribution in [0, 0.1) is 11.6 Å². The summed E-state index contributed by atoms with van der Waals surface area (Å²) in [5.41, 5.74) is 0.347. The Morgan fingerprint density at radius 1 is 1.42 bits per heavy atom. The highest BCUT2D eigenvalue weighted by Crippen LogP contribution is 2.24. The van der Waals surface area contributed by atoms with Crippen molar-refractivity contribution in [3.8, 4) is 0 Å². The third-order valence-electron chi connectivity index (χ3n) is 3.99. The molecular formula is C15H18F2N6O. The van der Waals surface area contributed by atoms with Crippen LogP contribution in [0.2, 0.25) is 0 Å². The van der Waals surface area contributed by atoms with Gasteiger partial charge in [0, 0.05) is 32.2 Å². The Hall–Kier alpha value is -2.71. The van der Waals surface area contributed by atoms with Crippen LogP contribution < -0.4 is 15.5 Å². The van der Waals surface area contributed by atoms with Crippen molar-refractivity contribution < 1.29 is 13.6 Å². The summed E-state index contributed by atoms with van der Waals surface area (Å²) < 4.78 is 28.4. The van der Waals surface area contributed by atoms with Crippen LogP contribution in [0.4, 0.5) is 19.3 Å². The third-order valence-corrected chi connectivity index (χ3v) is 3.99. The Balaban J connectivity index is 1.50. The largest absolute Gasteiger partial charge is 0.367 e. The molecule has 1 saturated heterocycles. The summed E-state index contributed by atoms with van der Waals surface area (Å²) in [5.74, 6) is -0.553. The molecule has 0 saturated carbocycles. The SMILES string of the molecule is Cn1ncnc1CNC(=O)N[C@@H]1CCN(c2ccc(F)cc2F)C1. The number of carbonyl (C=O) groups excluding carboxylic acids is 1. The van der Waals surface area contributed by atoms with Gasteiger partial charge in [-0.25, -0.2) is 18.6 Å². The minimum atomic E-state index is -0.603. The number of anilines is 1. The van der Waals surface area contributed by atoms with Gasteiger partial charge in [0.1, 0.15) is 23.8 Å². The molecule has 24 heavy (non-hydrogen) atoms. The molecule has 1 aliphatic heterocycles. The van der Waals surface area contributed by atoms with Crippen molar-refractivity contribution in [2.75, 3.05) is 18.0 Å². The van der Waals surface area contributed by atoms with E-state index < -0.39 is 11.6 Å². The van der Waals surface area contributed by atoms with Crippen molar-refractivity contribution in [1.29, 1.82) is 0 Å². The van der Waals surface area contributed by atoms with E-state index in [1.165, 1.54) is 18.5 Å². The number of carbonyl (C=O) groups is 1. The van der Waals surface area contributed by atoms with Gasteiger partial charge in [-0.15, -0.1) is 0 Å². The van der Waals surface area contributed by atoms with Crippen molar-refractivity contribution in [1.82, 2.24) is 25.4 Å². The predicted octanol–water partition coefficient (Wildman–Crippen LogP) is 1.17. The zero-order valence-electron chi connectivity index (χ0n) is 13.2. The van der Waals surface area contributed by atoms with Crippen LogP contribution in [0.1, 0.15) is 12.2 Å². The van der Waals surface area contributed by atoms with E-state index in [0.29, 0.717) is 31.0 Å². The summed E-state index contributed by atoms with van der Waals surface area (Å²) in [6, 6.07) is 3.09. The van der Waals surface area contributed by atoms with E-state index in [9.17, 15) is 13.6 Å². The first kappa shape index (κ1) is 16.2. The van der Waals surface area contributed by atoms with E-state index in [1.807, 2.05) is 0 Å². The number of rotatable bonds is 4. The Bertz CT molecular complexity index is 735. The normalized spacial score (nSPS) is 17.1. The van der Waals surface area contributed by atoms with E-state index in [0.717, 1.165) is 6.07 Å². The lowest BCUT2D eigenvalue weighted by atomic mass is 10.2. The van der Waals surface area contributed by atoms with E-state index in [4.69, 9.17) is 0 Å². The molecule has 2 amide bonds. The summed E-state index contributed by atoms with van der Waals surface area (Å²) in [4.78, 5) is 17.7. The molecule has 9 heteroatoms. The molecule has 2 aromatic rings. The number of hydrogen-bond acceptors (Lipinski definition) is 4. The highest BCUT2D eigenvalue weighted by Gasteiger charge is 2.25. The van der Waals surface area contributed by atoms with Crippen LogP contribution in [0.3, 0.4) is 0 Å². The van der Waals surface area contributed by atoms with Gasteiger partial charge in [0.15, 0.2) is 0 Å². The van der Waals surface area contributed by atoms with Crippen LogP contribution in [-0.4, -0.2) is 39.9 Å². The molecule has 1 fully saturated rings. The molecule has 128 valence electrons. The summed E-state index contributed by atoms with van der Waals surface area (Å²) in [7, 11) is 1.74. The number of halogens is 2. The van der Waals surface area contributed by atoms with Gasteiger partial charge in [-0.1, -0.05) is 0 Å². The third kappa shape index (κ3) is 3.61. The molecule has 0 spiro atoms. The fourth-order valence-corrected chi connectivity index (χ4v) is 2.71. The van der Waals surface area contributed by atoms with E-state index in [2.05, 4.69) is 20.7 Å². The van der Waals surface area contributed by atoms with Crippen molar-refractivity contribution in [2.24, 2.45) is 7.05 Å². The zero-order chi connectivity index (χ0) is 17.1. The highest BCUT2D eigenvalue weighted by molar-refractivity contribution is 5.74. The fourth-order valence-electron chi connectivity index (χ4n) is 2.71. The molecule has 0 radical (unpaired) electrons. The number of urea groups is 1. The summed E-state index contributed by atoms with van der Waals surface area (Å²) in [6.45, 7) is 1.34. The van der Waals surface area contributed by atoms with Gasteiger partial charge >= 0.3 is 6.03 Å².